The van der Waals surface area contributed by atoms with Crippen molar-refractivity contribution in [2.45, 2.75) is 162 Å². The first kappa shape index (κ1) is 59.8. The number of likely N-dealkylation sites (N-methyl/N-ethyl adjacent to an activating group) is 2. The van der Waals surface area contributed by atoms with Crippen molar-refractivity contribution in [2.24, 2.45) is 23.7 Å². The third kappa shape index (κ3) is 16.1. The van der Waals surface area contributed by atoms with Crippen LogP contribution in [0.1, 0.15) is 124 Å². The fourth-order valence-corrected chi connectivity index (χ4v) is 10.1. The normalized spacial score (nSPS) is 18.6. The Bertz CT molecular complexity index is 2140. The van der Waals surface area contributed by atoms with E-state index in [1.54, 1.807) is 35.7 Å². The number of rotatable bonds is 28. The Morgan fingerprint density at radius 2 is 1.38 bits per heavy atom. The molecule has 0 radical (unpaired) electrons. The van der Waals surface area contributed by atoms with Crippen LogP contribution in [-0.2, 0) is 64.0 Å². The standard InChI is InChI=1S/C55H82N6O12/c1-13-36(6)50(59(10)54(68)47(34(2)3)56-53(67)49(35(4)5)58(9)30-21-27-46(65)73-61-43(62)28-29-44(61)63)42(70-11)32-45(64)60-31-20-26-41(60)51(71-12)38(8)52(66)57-48(37(7)40-24-18-15-19-25-40)55(69)72-33-39-22-16-14-17-23-39/h14-19,22-25,34-38,41-42,47-51H,13,20-21,26-33H2,1-12H3,(H,56,67)(H,57,66)/t36?,37?,38?,41-,42?,47?,48?,49?,50?,51?/m0/s1. The van der Waals surface area contributed by atoms with Crippen molar-refractivity contribution in [3.63, 3.8) is 0 Å². The van der Waals surface area contributed by atoms with Gasteiger partial charge in [-0.15, -0.1) is 5.06 Å². The second-order valence-corrected chi connectivity index (χ2v) is 20.4. The van der Waals surface area contributed by atoms with E-state index >= 15 is 0 Å². The molecule has 4 rings (SSSR count). The highest BCUT2D eigenvalue weighted by Crippen LogP contribution is 2.31. The van der Waals surface area contributed by atoms with Gasteiger partial charge >= 0.3 is 11.9 Å². The van der Waals surface area contributed by atoms with Crippen molar-refractivity contribution >= 4 is 47.4 Å². The van der Waals surface area contributed by atoms with Gasteiger partial charge in [0, 0.05) is 53.0 Å². The summed E-state index contributed by atoms with van der Waals surface area (Å²) in [5.74, 6) is -5.63. The minimum Gasteiger partial charge on any atom is -0.459 e. The van der Waals surface area contributed by atoms with Gasteiger partial charge in [0.05, 0.1) is 42.7 Å². The molecule has 18 nitrogen and oxygen atoms in total. The molecule has 2 aromatic carbocycles. The Hall–Kier alpha value is -5.72. The van der Waals surface area contributed by atoms with E-state index in [1.807, 2.05) is 109 Å². The Kier molecular flexibility index (Phi) is 23.5. The first-order valence-electron chi connectivity index (χ1n) is 25.9. The van der Waals surface area contributed by atoms with Crippen LogP contribution >= 0.6 is 0 Å². The molecular formula is C55H82N6O12. The van der Waals surface area contributed by atoms with Crippen LogP contribution in [0.4, 0.5) is 0 Å². The lowest BCUT2D eigenvalue weighted by atomic mass is 9.89. The molecular weight excluding hydrogens is 937 g/mol. The molecule has 0 bridgehead atoms. The molecule has 2 saturated heterocycles. The van der Waals surface area contributed by atoms with Crippen molar-refractivity contribution in [3.05, 3.63) is 71.8 Å². The van der Waals surface area contributed by atoms with E-state index in [1.165, 1.54) is 14.2 Å². The van der Waals surface area contributed by atoms with E-state index in [2.05, 4.69) is 10.6 Å². The van der Waals surface area contributed by atoms with Crippen molar-refractivity contribution in [3.8, 4) is 0 Å². The van der Waals surface area contributed by atoms with Crippen LogP contribution in [0.2, 0.25) is 0 Å². The summed E-state index contributed by atoms with van der Waals surface area (Å²) < 4.78 is 17.9. The van der Waals surface area contributed by atoms with E-state index in [0.717, 1.165) is 11.1 Å². The zero-order valence-electron chi connectivity index (χ0n) is 45.2. The van der Waals surface area contributed by atoms with E-state index in [0.29, 0.717) is 37.4 Å². The fourth-order valence-electron chi connectivity index (χ4n) is 10.1. The highest BCUT2D eigenvalue weighted by atomic mass is 16.7. The Balaban J connectivity index is 1.45. The highest BCUT2D eigenvalue weighted by molar-refractivity contribution is 6.01. The summed E-state index contributed by atoms with van der Waals surface area (Å²) in [6, 6.07) is 15.1. The predicted octanol–water partition coefficient (Wildman–Crippen LogP) is 5.42. The first-order chi connectivity index (χ1) is 34.7. The molecule has 2 fully saturated rings. The quantitative estimate of drug-likeness (QED) is 0.0807. The molecule has 9 unspecified atom stereocenters. The minimum absolute atomic E-state index is 0.00368. The smallest absolute Gasteiger partial charge is 0.333 e. The number of esters is 1. The zero-order valence-corrected chi connectivity index (χ0v) is 45.2. The van der Waals surface area contributed by atoms with E-state index in [9.17, 15) is 38.4 Å². The molecule has 2 N–H and O–H groups in total. The SMILES string of the molecule is CCC(C)C(C(CC(=O)N1CCC[C@H]1C(OC)C(C)C(=O)NC(C(=O)OCc1ccccc1)C(C)c1ccccc1)OC)N(C)C(=O)C(NC(=O)C(C(C)C)N(C)CCCC(=O)ON1C(=O)CCC1=O)C(C)C. The molecule has 18 heteroatoms. The number of likely N-dealkylation sites (tertiary alicyclic amines) is 1. The van der Waals surface area contributed by atoms with E-state index in [-0.39, 0.29) is 74.2 Å². The van der Waals surface area contributed by atoms with Crippen molar-refractivity contribution < 1.29 is 57.4 Å². The average molecular weight is 1020 g/mol. The lowest BCUT2D eigenvalue weighted by Crippen LogP contribution is -2.60. The number of benzene rings is 2. The maximum absolute atomic E-state index is 14.7. The number of amides is 6. The summed E-state index contributed by atoms with van der Waals surface area (Å²) >= 11 is 0. The number of carbonyl (C=O) groups excluding carboxylic acids is 8. The number of hydrogen-bond acceptors (Lipinski definition) is 13. The van der Waals surface area contributed by atoms with Crippen molar-refractivity contribution in [1.29, 1.82) is 0 Å². The molecule has 0 aliphatic carbocycles. The Labute approximate surface area is 432 Å². The number of nitrogens with zero attached hydrogens (tertiary/aromatic N) is 4. The van der Waals surface area contributed by atoms with E-state index in [4.69, 9.17) is 19.0 Å². The topological polar surface area (TPSA) is 210 Å². The summed E-state index contributed by atoms with van der Waals surface area (Å²) in [7, 11) is 6.46. The van der Waals surface area contributed by atoms with Crippen LogP contribution in [0.3, 0.4) is 0 Å². The maximum Gasteiger partial charge on any atom is 0.333 e. The number of methoxy groups -OCH3 is 2. The van der Waals surface area contributed by atoms with Gasteiger partial charge in [-0.25, -0.2) is 9.59 Å². The molecule has 2 aromatic rings. The Morgan fingerprint density at radius 1 is 0.781 bits per heavy atom. The van der Waals surface area contributed by atoms with E-state index < -0.39 is 83.9 Å². The lowest BCUT2D eigenvalue weighted by molar-refractivity contribution is -0.197. The molecule has 6 amide bonds. The molecule has 0 saturated carbocycles. The Morgan fingerprint density at radius 3 is 1.95 bits per heavy atom. The van der Waals surface area contributed by atoms with Crippen LogP contribution in [0, 0.1) is 23.7 Å². The van der Waals surface area contributed by atoms with Gasteiger partial charge in [-0.05, 0) is 61.7 Å². The molecule has 2 aliphatic rings. The van der Waals surface area contributed by atoms with Crippen LogP contribution in [0.15, 0.2) is 60.7 Å². The molecule has 0 aromatic heterocycles. The van der Waals surface area contributed by atoms with Gasteiger partial charge in [0.25, 0.3) is 11.8 Å². The number of hydrogen-bond donors (Lipinski definition) is 2. The molecule has 2 heterocycles. The van der Waals surface area contributed by atoms with Gasteiger partial charge in [0.2, 0.25) is 23.6 Å². The summed E-state index contributed by atoms with van der Waals surface area (Å²) in [5, 5.41) is 6.53. The highest BCUT2D eigenvalue weighted by Gasteiger charge is 2.44. The number of nitrogens with one attached hydrogen (secondary N) is 2. The summed E-state index contributed by atoms with van der Waals surface area (Å²) in [6.45, 7) is 15.9. The van der Waals surface area contributed by atoms with Crippen molar-refractivity contribution in [1.82, 2.24) is 30.4 Å². The third-order valence-corrected chi connectivity index (χ3v) is 14.6. The molecule has 73 heavy (non-hydrogen) atoms. The van der Waals surface area contributed by atoms with Gasteiger partial charge in [-0.3, -0.25) is 33.7 Å². The van der Waals surface area contributed by atoms with Gasteiger partial charge in [-0.1, -0.05) is 122 Å². The number of hydroxylamine groups is 2. The summed E-state index contributed by atoms with van der Waals surface area (Å²) in [4.78, 5) is 118. The van der Waals surface area contributed by atoms with Crippen LogP contribution in [-0.4, -0.2) is 151 Å². The molecule has 10 atom stereocenters. The third-order valence-electron chi connectivity index (χ3n) is 14.6. The molecule has 0 spiro atoms. The van der Waals surface area contributed by atoms with Gasteiger partial charge in [-0.2, -0.15) is 0 Å². The minimum atomic E-state index is -1.01. The molecule has 2 aliphatic heterocycles. The number of ether oxygens (including phenoxy) is 3. The van der Waals surface area contributed by atoms with Gasteiger partial charge < -0.3 is 39.5 Å². The lowest BCUT2D eigenvalue weighted by Gasteiger charge is -2.41. The average Bonchev–Trinajstić information content (AvgIpc) is 3.98. The number of imide groups is 1. The summed E-state index contributed by atoms with van der Waals surface area (Å²) in [5.41, 5.74) is 1.66. The van der Waals surface area contributed by atoms with Crippen LogP contribution in [0.5, 0.6) is 0 Å². The zero-order chi connectivity index (χ0) is 54.1. The van der Waals surface area contributed by atoms with Gasteiger partial charge in [0.1, 0.15) is 18.7 Å². The second-order valence-electron chi connectivity index (χ2n) is 20.4. The monoisotopic (exact) mass is 1020 g/mol. The maximum atomic E-state index is 14.7. The first-order valence-corrected chi connectivity index (χ1v) is 25.9. The number of carbonyl (C=O) groups is 8. The fraction of sp³-hybridized carbons (Fsp3) is 0.636. The largest absolute Gasteiger partial charge is 0.459 e. The second kappa shape index (κ2) is 28.7. The molecule has 404 valence electrons. The van der Waals surface area contributed by atoms with Crippen molar-refractivity contribution in [2.75, 3.05) is 41.4 Å². The predicted molar refractivity (Wildman–Crippen MR) is 274 cm³/mol. The van der Waals surface area contributed by atoms with Crippen LogP contribution in [0.25, 0.3) is 0 Å². The summed E-state index contributed by atoms with van der Waals surface area (Å²) in [6.07, 6.45) is 0.555. The van der Waals surface area contributed by atoms with Gasteiger partial charge in [0.15, 0.2) is 0 Å². The van der Waals surface area contributed by atoms with Crippen LogP contribution < -0.4 is 10.6 Å².